The highest BCUT2D eigenvalue weighted by Gasteiger charge is 2.36. The summed E-state index contributed by atoms with van der Waals surface area (Å²) in [5, 5.41) is 0. The maximum absolute atomic E-state index is 13.8. The normalized spacial score (nSPS) is 13.5. The molecule has 4 aromatic carbocycles. The molecule has 238 valence electrons. The van der Waals surface area contributed by atoms with Crippen LogP contribution in [0.25, 0.3) is 22.3 Å². The molecular formula is C29H23F6N3O5S2. The number of nitrogens with zero attached hydrogens (tertiary/aromatic N) is 1. The van der Waals surface area contributed by atoms with Gasteiger partial charge in [-0.3, -0.25) is 9.44 Å². The van der Waals surface area contributed by atoms with Crippen molar-refractivity contribution >= 4 is 42.8 Å². The highest BCUT2D eigenvalue weighted by molar-refractivity contribution is 7.92. The Morgan fingerprint density at radius 1 is 0.578 bits per heavy atom. The fraction of sp³-hybridized carbons (Fsp3) is 0.172. The topological polar surface area (TPSA) is 105 Å². The SMILES string of the molecule is CN1c2cc(-c3ccc(NS(C)(=O)=O)c(C(F)(F)F)c3)ccc2Oc2ccc(-c3ccc(NS(C)(=O)=O)c(C(F)(F)F)c3)cc21. The lowest BCUT2D eigenvalue weighted by molar-refractivity contribution is -0.137. The van der Waals surface area contributed by atoms with Gasteiger partial charge in [0.05, 0.1) is 46.4 Å². The number of anilines is 4. The van der Waals surface area contributed by atoms with Crippen molar-refractivity contribution in [3.63, 3.8) is 0 Å². The average molecular weight is 672 g/mol. The zero-order chi connectivity index (χ0) is 33.1. The Balaban J connectivity index is 1.53. The summed E-state index contributed by atoms with van der Waals surface area (Å²) in [5.74, 6) is 0.729. The van der Waals surface area contributed by atoms with Gasteiger partial charge in [-0.2, -0.15) is 26.3 Å². The number of nitrogens with one attached hydrogen (secondary N) is 2. The van der Waals surface area contributed by atoms with Gasteiger partial charge >= 0.3 is 12.4 Å². The maximum Gasteiger partial charge on any atom is 0.418 e. The molecule has 16 heteroatoms. The number of halogens is 6. The summed E-state index contributed by atoms with van der Waals surface area (Å²) in [4.78, 5) is 1.66. The highest BCUT2D eigenvalue weighted by atomic mass is 32.2. The van der Waals surface area contributed by atoms with Crippen molar-refractivity contribution in [3.05, 3.63) is 83.9 Å². The molecule has 1 heterocycles. The molecule has 0 bridgehead atoms. The molecule has 0 unspecified atom stereocenters. The minimum atomic E-state index is -4.86. The summed E-state index contributed by atoms with van der Waals surface area (Å²) < 4.78 is 139. The number of sulfonamides is 2. The van der Waals surface area contributed by atoms with Crippen LogP contribution in [0.2, 0.25) is 0 Å². The van der Waals surface area contributed by atoms with Gasteiger partial charge in [-0.1, -0.05) is 24.3 Å². The number of hydrogen-bond donors (Lipinski definition) is 2. The summed E-state index contributed by atoms with van der Waals surface area (Å²) in [6, 6.07) is 15.7. The molecule has 0 aliphatic carbocycles. The van der Waals surface area contributed by atoms with Gasteiger partial charge in [0.15, 0.2) is 11.5 Å². The first-order valence-corrected chi connectivity index (χ1v) is 16.6. The number of fused-ring (bicyclic) bond motifs is 2. The van der Waals surface area contributed by atoms with E-state index in [0.29, 0.717) is 34.0 Å². The number of hydrogen-bond acceptors (Lipinski definition) is 6. The minimum absolute atomic E-state index is 0.139. The van der Waals surface area contributed by atoms with E-state index in [1.54, 1.807) is 36.2 Å². The zero-order valence-corrected chi connectivity index (χ0v) is 25.1. The van der Waals surface area contributed by atoms with Crippen molar-refractivity contribution in [2.75, 3.05) is 33.9 Å². The predicted octanol–water partition coefficient (Wildman–Crippen LogP) is 7.67. The van der Waals surface area contributed by atoms with Crippen LogP contribution >= 0.6 is 0 Å². The van der Waals surface area contributed by atoms with Gasteiger partial charge in [0.2, 0.25) is 20.0 Å². The van der Waals surface area contributed by atoms with Crippen LogP contribution in [0.3, 0.4) is 0 Å². The van der Waals surface area contributed by atoms with Crippen LogP contribution in [0, 0.1) is 0 Å². The molecule has 1 aliphatic heterocycles. The molecule has 0 amide bonds. The van der Waals surface area contributed by atoms with E-state index in [-0.39, 0.29) is 11.1 Å². The lowest BCUT2D eigenvalue weighted by atomic mass is 9.98. The summed E-state index contributed by atoms with van der Waals surface area (Å²) in [6.45, 7) is 0. The molecule has 0 atom stereocenters. The standard InChI is InChI=1S/C29H23F6N3O5S2/c1-38-24-14-18(16-4-8-22(36-44(2,39)40)20(12-16)28(30,31)32)6-10-26(24)43-27-11-7-19(15-25(27)38)17-5-9-23(37-45(3,41)42)21(13-17)29(33,34)35/h4-15,36-37H,1-3H3. The van der Waals surface area contributed by atoms with Crippen molar-refractivity contribution in [2.45, 2.75) is 12.4 Å². The van der Waals surface area contributed by atoms with Crippen LogP contribution in [-0.2, 0) is 32.4 Å². The molecule has 8 nitrogen and oxygen atoms in total. The number of benzene rings is 4. The lowest BCUT2D eigenvalue weighted by Gasteiger charge is -2.30. The molecule has 0 radical (unpaired) electrons. The van der Waals surface area contributed by atoms with Gasteiger partial charge in [0.25, 0.3) is 0 Å². The zero-order valence-electron chi connectivity index (χ0n) is 23.5. The van der Waals surface area contributed by atoms with E-state index in [1.165, 1.54) is 24.3 Å². The van der Waals surface area contributed by atoms with E-state index in [2.05, 4.69) is 0 Å². The summed E-state index contributed by atoms with van der Waals surface area (Å²) in [5.41, 5.74) is -1.75. The Kier molecular flexibility index (Phi) is 7.72. The maximum atomic E-state index is 13.8. The van der Waals surface area contributed by atoms with Gasteiger partial charge in [-0.25, -0.2) is 16.8 Å². The minimum Gasteiger partial charge on any atom is -0.453 e. The van der Waals surface area contributed by atoms with E-state index < -0.39 is 54.9 Å². The van der Waals surface area contributed by atoms with E-state index >= 15 is 0 Å². The molecule has 0 saturated heterocycles. The van der Waals surface area contributed by atoms with Crippen LogP contribution in [0.5, 0.6) is 11.5 Å². The van der Waals surface area contributed by atoms with Gasteiger partial charge in [-0.15, -0.1) is 0 Å². The smallest absolute Gasteiger partial charge is 0.418 e. The Hall–Kier alpha value is -4.44. The third-order valence-electron chi connectivity index (χ3n) is 6.77. The molecule has 2 N–H and O–H groups in total. The van der Waals surface area contributed by atoms with Crippen LogP contribution in [0.15, 0.2) is 72.8 Å². The fourth-order valence-electron chi connectivity index (χ4n) is 4.83. The molecule has 0 spiro atoms. The van der Waals surface area contributed by atoms with Crippen molar-refractivity contribution < 1.29 is 47.9 Å². The summed E-state index contributed by atoms with van der Waals surface area (Å²) >= 11 is 0. The first-order chi connectivity index (χ1) is 20.7. The second-order valence-electron chi connectivity index (χ2n) is 10.3. The molecule has 0 aromatic heterocycles. The molecular weight excluding hydrogens is 648 g/mol. The summed E-state index contributed by atoms with van der Waals surface area (Å²) in [6.07, 6.45) is -8.25. The van der Waals surface area contributed by atoms with Crippen LogP contribution in [0.1, 0.15) is 11.1 Å². The van der Waals surface area contributed by atoms with E-state index in [9.17, 15) is 43.2 Å². The molecule has 4 aromatic rings. The van der Waals surface area contributed by atoms with Crippen LogP contribution in [-0.4, -0.2) is 36.4 Å². The van der Waals surface area contributed by atoms with Crippen molar-refractivity contribution in [2.24, 2.45) is 0 Å². The number of ether oxygens (including phenoxy) is 1. The second-order valence-corrected chi connectivity index (χ2v) is 13.8. The summed E-state index contributed by atoms with van der Waals surface area (Å²) in [7, 11) is -6.32. The number of rotatable bonds is 6. The van der Waals surface area contributed by atoms with Crippen molar-refractivity contribution in [1.82, 2.24) is 0 Å². The van der Waals surface area contributed by atoms with Gasteiger partial charge in [-0.05, 0) is 70.8 Å². The Morgan fingerprint density at radius 2 is 0.911 bits per heavy atom. The van der Waals surface area contributed by atoms with Crippen LogP contribution in [0.4, 0.5) is 49.1 Å². The largest absolute Gasteiger partial charge is 0.453 e. The van der Waals surface area contributed by atoms with Gasteiger partial charge in [0, 0.05) is 7.05 Å². The molecule has 0 saturated carbocycles. The second kappa shape index (κ2) is 10.9. The lowest BCUT2D eigenvalue weighted by Crippen LogP contribution is -2.16. The molecule has 45 heavy (non-hydrogen) atoms. The average Bonchev–Trinajstić information content (AvgIpc) is 2.90. The molecule has 0 fully saturated rings. The Morgan fingerprint density at radius 3 is 1.24 bits per heavy atom. The Labute approximate surface area is 254 Å². The molecule has 5 rings (SSSR count). The van der Waals surface area contributed by atoms with Crippen molar-refractivity contribution in [1.29, 1.82) is 0 Å². The third-order valence-corrected chi connectivity index (χ3v) is 7.95. The van der Waals surface area contributed by atoms with Gasteiger partial charge < -0.3 is 9.64 Å². The first kappa shape index (κ1) is 32.0. The van der Waals surface area contributed by atoms with E-state index in [0.717, 1.165) is 36.8 Å². The van der Waals surface area contributed by atoms with Crippen LogP contribution < -0.4 is 19.1 Å². The van der Waals surface area contributed by atoms with E-state index in [1.807, 2.05) is 9.44 Å². The third kappa shape index (κ3) is 6.96. The first-order valence-electron chi connectivity index (χ1n) is 12.8. The monoisotopic (exact) mass is 671 g/mol. The van der Waals surface area contributed by atoms with E-state index in [4.69, 9.17) is 4.74 Å². The highest BCUT2D eigenvalue weighted by Crippen LogP contribution is 2.49. The Bertz CT molecular complexity index is 1900. The predicted molar refractivity (Wildman–Crippen MR) is 159 cm³/mol. The van der Waals surface area contributed by atoms with Gasteiger partial charge in [0.1, 0.15) is 0 Å². The quantitative estimate of drug-likeness (QED) is 0.204. The number of alkyl halides is 6. The fourth-order valence-corrected chi connectivity index (χ4v) is 5.99. The van der Waals surface area contributed by atoms with Crippen molar-refractivity contribution in [3.8, 4) is 33.8 Å². The molecule has 1 aliphatic rings.